The zero-order valence-corrected chi connectivity index (χ0v) is 31.5. The van der Waals surface area contributed by atoms with Crippen molar-refractivity contribution in [3.05, 3.63) is 59.7 Å². The highest BCUT2D eigenvalue weighted by Crippen LogP contribution is 2.79. The van der Waals surface area contributed by atoms with Gasteiger partial charge in [-0.2, -0.15) is 0 Å². The fraction of sp³-hybridized carbons (Fsp3) is 0.727. The van der Waals surface area contributed by atoms with Gasteiger partial charge in [0, 0.05) is 11.6 Å². The van der Waals surface area contributed by atoms with Crippen LogP contribution in [0.25, 0.3) is 11.1 Å². The largest absolute Gasteiger partial charge is 0.310 e. The Morgan fingerprint density at radius 3 is 1.48 bits per heavy atom. The van der Waals surface area contributed by atoms with Crippen molar-refractivity contribution in [2.45, 2.75) is 150 Å². The lowest BCUT2D eigenvalue weighted by molar-refractivity contribution is 0.0184. The average Bonchev–Trinajstić information content (AvgIpc) is 3.10. The van der Waals surface area contributed by atoms with Gasteiger partial charge in [-0.15, -0.1) is 0 Å². The number of piperidine rings is 2. The van der Waals surface area contributed by atoms with Gasteiger partial charge in [0.05, 0.1) is 0 Å². The van der Waals surface area contributed by atoms with Crippen LogP contribution >= 0.6 is 15.8 Å². The minimum atomic E-state index is -0.165. The lowest BCUT2D eigenvalue weighted by Crippen LogP contribution is -2.56. The third kappa shape index (κ3) is 5.92. The van der Waals surface area contributed by atoms with Crippen LogP contribution in [0.4, 0.5) is 0 Å². The summed E-state index contributed by atoms with van der Waals surface area (Å²) in [5, 5.41) is 9.63. The van der Waals surface area contributed by atoms with Gasteiger partial charge in [0.2, 0.25) is 0 Å². The molecule has 258 valence electrons. The second-order valence-corrected chi connectivity index (χ2v) is 24.5. The standard InChI is InChI=1S/C44H62N2P2/c1-2-8-37(9-3-1)38-12-13-39(40(22-38)29-47(41-10-4-6-14-45-41)42-11-5-7-15-46-42)30-48(43-23-31-16-32(24-43)18-33(17-31)25-43)44-26-34-19-35(27-44)21-36(20-34)28-44/h1-3,8-9,12-13,22,31-36,41-42,45-46H,4-7,10-11,14-21,23-30H2. The molecule has 0 amide bonds. The topological polar surface area (TPSA) is 24.1 Å². The Hall–Kier alpha value is -0.780. The van der Waals surface area contributed by atoms with Crippen LogP contribution in [0.1, 0.15) is 127 Å². The third-order valence-electron chi connectivity index (χ3n) is 15.5. The van der Waals surface area contributed by atoms with Gasteiger partial charge in [-0.05, 0) is 196 Å². The van der Waals surface area contributed by atoms with E-state index in [0.29, 0.717) is 10.3 Å². The number of benzene rings is 2. The maximum atomic E-state index is 4.11. The Kier molecular flexibility index (Phi) is 8.65. The fourth-order valence-electron chi connectivity index (χ4n) is 14.4. The van der Waals surface area contributed by atoms with E-state index in [1.165, 1.54) is 75.1 Å². The van der Waals surface area contributed by atoms with E-state index < -0.39 is 0 Å². The normalized spacial score (nSPS) is 42.6. The van der Waals surface area contributed by atoms with E-state index in [-0.39, 0.29) is 15.8 Å². The van der Waals surface area contributed by atoms with Crippen LogP contribution in [0.2, 0.25) is 0 Å². The Labute approximate surface area is 294 Å². The summed E-state index contributed by atoms with van der Waals surface area (Å²) >= 11 is 0. The molecule has 2 saturated heterocycles. The van der Waals surface area contributed by atoms with E-state index in [0.717, 1.165) is 47.1 Å². The van der Waals surface area contributed by atoms with E-state index in [2.05, 4.69) is 59.2 Å². The highest BCUT2D eigenvalue weighted by molar-refractivity contribution is 7.60. The molecule has 2 aromatic rings. The molecule has 48 heavy (non-hydrogen) atoms. The molecular formula is C44H62N2P2. The van der Waals surface area contributed by atoms with Gasteiger partial charge in [0.25, 0.3) is 0 Å². The molecular weight excluding hydrogens is 618 g/mol. The number of nitrogens with one attached hydrogen (secondary N) is 2. The Bertz CT molecular complexity index is 1310. The van der Waals surface area contributed by atoms with Crippen molar-refractivity contribution < 1.29 is 0 Å². The van der Waals surface area contributed by atoms with Gasteiger partial charge in [-0.3, -0.25) is 0 Å². The van der Waals surface area contributed by atoms with Crippen LogP contribution < -0.4 is 10.6 Å². The van der Waals surface area contributed by atoms with Gasteiger partial charge < -0.3 is 10.6 Å². The van der Waals surface area contributed by atoms with E-state index in [9.17, 15) is 0 Å². The van der Waals surface area contributed by atoms with Gasteiger partial charge in [0.1, 0.15) is 0 Å². The molecule has 2 heterocycles. The molecule has 4 heteroatoms. The first-order valence-electron chi connectivity index (χ1n) is 20.8. The lowest BCUT2D eigenvalue weighted by Gasteiger charge is -2.67. The van der Waals surface area contributed by atoms with E-state index in [1.807, 2.05) is 5.56 Å². The molecule has 10 fully saturated rings. The van der Waals surface area contributed by atoms with Gasteiger partial charge in [0.15, 0.2) is 0 Å². The molecule has 2 aliphatic heterocycles. The first-order chi connectivity index (χ1) is 23.6. The van der Waals surface area contributed by atoms with Gasteiger partial charge in [-0.25, -0.2) is 0 Å². The molecule has 2 atom stereocenters. The molecule has 8 saturated carbocycles. The molecule has 12 rings (SSSR count). The van der Waals surface area contributed by atoms with E-state index >= 15 is 0 Å². The van der Waals surface area contributed by atoms with Crippen LogP contribution in [-0.2, 0) is 12.3 Å². The zero-order chi connectivity index (χ0) is 31.7. The molecule has 0 radical (unpaired) electrons. The van der Waals surface area contributed by atoms with Crippen LogP contribution in [0.3, 0.4) is 0 Å². The monoisotopic (exact) mass is 680 g/mol. The highest BCUT2D eigenvalue weighted by atomic mass is 31.1. The second kappa shape index (κ2) is 13.0. The number of hydrogen-bond donors (Lipinski definition) is 2. The van der Waals surface area contributed by atoms with Crippen LogP contribution in [0.15, 0.2) is 48.5 Å². The molecule has 2 N–H and O–H groups in total. The summed E-state index contributed by atoms with van der Waals surface area (Å²) in [6.45, 7) is 2.47. The fourth-order valence-corrected chi connectivity index (χ4v) is 22.9. The Morgan fingerprint density at radius 1 is 0.521 bits per heavy atom. The third-order valence-corrected chi connectivity index (χ3v) is 22.8. The van der Waals surface area contributed by atoms with Crippen molar-refractivity contribution in [3.63, 3.8) is 0 Å². The van der Waals surface area contributed by atoms with Gasteiger partial charge in [-0.1, -0.05) is 77.2 Å². The smallest absolute Gasteiger partial charge is 0.0286 e. The summed E-state index contributed by atoms with van der Waals surface area (Å²) in [6, 6.07) is 19.4. The predicted octanol–water partition coefficient (Wildman–Crippen LogP) is 11.5. The molecule has 10 aliphatic rings. The van der Waals surface area contributed by atoms with Crippen molar-refractivity contribution >= 4 is 15.8 Å². The Balaban J connectivity index is 1.06. The van der Waals surface area contributed by atoms with Crippen molar-refractivity contribution in [3.8, 4) is 11.1 Å². The number of hydrogen-bond acceptors (Lipinski definition) is 2. The summed E-state index contributed by atoms with van der Waals surface area (Å²) in [4.78, 5) is 0. The van der Waals surface area contributed by atoms with Crippen molar-refractivity contribution in [2.75, 3.05) is 13.1 Å². The Morgan fingerprint density at radius 2 is 1.02 bits per heavy atom. The summed E-state index contributed by atoms with van der Waals surface area (Å²) < 4.78 is 0. The van der Waals surface area contributed by atoms with Crippen LogP contribution in [0, 0.1) is 35.5 Å². The molecule has 0 spiro atoms. The zero-order valence-electron chi connectivity index (χ0n) is 29.7. The first-order valence-corrected chi connectivity index (χ1v) is 24.0. The van der Waals surface area contributed by atoms with Crippen molar-refractivity contribution in [2.24, 2.45) is 35.5 Å². The summed E-state index contributed by atoms with van der Waals surface area (Å²) in [6.07, 6.45) is 30.4. The van der Waals surface area contributed by atoms with E-state index in [1.54, 1.807) is 82.6 Å². The summed E-state index contributed by atoms with van der Waals surface area (Å²) in [5.41, 5.74) is 6.45. The number of rotatable bonds is 9. The minimum Gasteiger partial charge on any atom is -0.310 e. The summed E-state index contributed by atoms with van der Waals surface area (Å²) in [7, 11) is -0.208. The maximum Gasteiger partial charge on any atom is 0.0286 e. The SMILES string of the molecule is c1ccc(-c2ccc(CP(C34CC5CC(CC(C5)C3)C4)C34CC5CC(CC(C5)C3)C4)c(CP(C3CCCCN3)C3CCCCN3)c2)cc1. The van der Waals surface area contributed by atoms with Crippen LogP contribution in [-0.4, -0.2) is 35.0 Å². The molecule has 2 unspecified atom stereocenters. The average molecular weight is 681 g/mol. The molecule has 8 aliphatic carbocycles. The van der Waals surface area contributed by atoms with E-state index in [4.69, 9.17) is 0 Å². The molecule has 2 nitrogen and oxygen atoms in total. The molecule has 2 aromatic carbocycles. The van der Waals surface area contributed by atoms with Crippen molar-refractivity contribution in [1.29, 1.82) is 0 Å². The predicted molar refractivity (Wildman–Crippen MR) is 206 cm³/mol. The maximum absolute atomic E-state index is 4.11. The first kappa shape index (κ1) is 31.9. The molecule has 8 bridgehead atoms. The van der Waals surface area contributed by atoms with Crippen molar-refractivity contribution in [1.82, 2.24) is 10.6 Å². The molecule has 0 aromatic heterocycles. The van der Waals surface area contributed by atoms with Crippen LogP contribution in [0.5, 0.6) is 0 Å². The second-order valence-electron chi connectivity index (χ2n) is 18.8. The highest BCUT2D eigenvalue weighted by Gasteiger charge is 2.62. The summed E-state index contributed by atoms with van der Waals surface area (Å²) in [5.74, 6) is 7.86. The minimum absolute atomic E-state index is 0.0432. The van der Waals surface area contributed by atoms with Gasteiger partial charge >= 0.3 is 0 Å². The quantitative estimate of drug-likeness (QED) is 0.258. The lowest BCUT2D eigenvalue weighted by atomic mass is 9.55.